The number of nitrogen functional groups attached to an aromatic ring is 1. The number of rotatable bonds is 4. The summed E-state index contributed by atoms with van der Waals surface area (Å²) in [6.07, 6.45) is 0. The van der Waals surface area contributed by atoms with Gasteiger partial charge >= 0.3 is 0 Å². The molecule has 84 valence electrons. The van der Waals surface area contributed by atoms with Crippen molar-refractivity contribution in [1.29, 1.82) is 0 Å². The van der Waals surface area contributed by atoms with Crippen LogP contribution in [0.5, 0.6) is 0 Å². The second kappa shape index (κ2) is 4.86. The number of hydrogen-bond donors (Lipinski definition) is 2. The third kappa shape index (κ3) is 2.87. The fourth-order valence-corrected chi connectivity index (χ4v) is 1.53. The van der Waals surface area contributed by atoms with Crippen molar-refractivity contribution in [3.05, 3.63) is 53.3 Å². The van der Waals surface area contributed by atoms with Crippen molar-refractivity contribution in [1.82, 2.24) is 5.32 Å². The minimum Gasteiger partial charge on any atom is -0.445 e. The van der Waals surface area contributed by atoms with E-state index >= 15 is 0 Å². The van der Waals surface area contributed by atoms with Crippen LogP contribution >= 0.6 is 0 Å². The average molecular weight is 216 g/mol. The molecular weight excluding hydrogens is 200 g/mol. The van der Waals surface area contributed by atoms with Crippen molar-refractivity contribution in [3.8, 4) is 0 Å². The number of hydrogen-bond acceptors (Lipinski definition) is 3. The summed E-state index contributed by atoms with van der Waals surface area (Å²) in [5.41, 5.74) is 8.03. The van der Waals surface area contributed by atoms with Gasteiger partial charge in [-0.3, -0.25) is 0 Å². The van der Waals surface area contributed by atoms with Gasteiger partial charge in [0.05, 0.1) is 6.54 Å². The van der Waals surface area contributed by atoms with Crippen LogP contribution in [0.4, 0.5) is 5.88 Å². The van der Waals surface area contributed by atoms with Crippen LogP contribution in [0.15, 0.2) is 40.8 Å². The van der Waals surface area contributed by atoms with E-state index in [1.54, 1.807) is 6.07 Å². The van der Waals surface area contributed by atoms with Gasteiger partial charge < -0.3 is 15.5 Å². The Morgan fingerprint density at radius 1 is 1.06 bits per heavy atom. The molecule has 0 spiro atoms. The molecule has 16 heavy (non-hydrogen) atoms. The Balaban J connectivity index is 1.82. The first-order valence-corrected chi connectivity index (χ1v) is 5.34. The lowest BCUT2D eigenvalue weighted by atomic mass is 10.1. The van der Waals surface area contributed by atoms with Crippen LogP contribution < -0.4 is 11.1 Å². The normalized spacial score (nSPS) is 10.6. The van der Waals surface area contributed by atoms with Crippen molar-refractivity contribution < 1.29 is 4.42 Å². The Labute approximate surface area is 95.3 Å². The number of nitrogens with one attached hydrogen (secondary N) is 1. The van der Waals surface area contributed by atoms with Crippen LogP contribution in [-0.4, -0.2) is 0 Å². The SMILES string of the molecule is Cc1ccc(CNCc2ccc(N)o2)cc1. The number of nitrogens with two attached hydrogens (primary N) is 1. The maximum atomic E-state index is 5.48. The van der Waals surface area contributed by atoms with Gasteiger partial charge in [0, 0.05) is 12.6 Å². The molecule has 0 saturated heterocycles. The Bertz CT molecular complexity index is 445. The summed E-state index contributed by atoms with van der Waals surface area (Å²) in [4.78, 5) is 0. The minimum atomic E-state index is 0.465. The lowest BCUT2D eigenvalue weighted by molar-refractivity contribution is 0.497. The monoisotopic (exact) mass is 216 g/mol. The summed E-state index contributed by atoms with van der Waals surface area (Å²) in [5.74, 6) is 1.33. The number of aryl methyl sites for hydroxylation is 1. The van der Waals surface area contributed by atoms with E-state index in [0.29, 0.717) is 12.4 Å². The van der Waals surface area contributed by atoms with Gasteiger partial charge in [-0.2, -0.15) is 0 Å². The molecule has 0 aliphatic carbocycles. The Morgan fingerprint density at radius 3 is 2.44 bits per heavy atom. The maximum Gasteiger partial charge on any atom is 0.190 e. The van der Waals surface area contributed by atoms with Crippen molar-refractivity contribution in [2.75, 3.05) is 5.73 Å². The molecule has 0 radical (unpaired) electrons. The zero-order chi connectivity index (χ0) is 11.4. The van der Waals surface area contributed by atoms with E-state index in [-0.39, 0.29) is 0 Å². The standard InChI is InChI=1S/C13H16N2O/c1-10-2-4-11(5-3-10)8-15-9-12-6-7-13(14)16-12/h2-7,15H,8-9,14H2,1H3. The third-order valence-electron chi connectivity index (χ3n) is 2.43. The highest BCUT2D eigenvalue weighted by Crippen LogP contribution is 2.09. The van der Waals surface area contributed by atoms with Crippen LogP contribution in [0.25, 0.3) is 0 Å². The molecule has 1 aromatic heterocycles. The van der Waals surface area contributed by atoms with E-state index in [4.69, 9.17) is 10.2 Å². The topological polar surface area (TPSA) is 51.2 Å². The Kier molecular flexibility index (Phi) is 3.27. The summed E-state index contributed by atoms with van der Waals surface area (Å²) in [7, 11) is 0. The molecule has 0 saturated carbocycles. The van der Waals surface area contributed by atoms with Crippen molar-refractivity contribution in [3.63, 3.8) is 0 Å². The summed E-state index contributed by atoms with van der Waals surface area (Å²) in [5, 5.41) is 3.30. The van der Waals surface area contributed by atoms with Crippen LogP contribution in [-0.2, 0) is 13.1 Å². The number of anilines is 1. The van der Waals surface area contributed by atoms with Gasteiger partial charge in [-0.25, -0.2) is 0 Å². The highest BCUT2D eigenvalue weighted by molar-refractivity contribution is 5.25. The highest BCUT2D eigenvalue weighted by atomic mass is 16.4. The van der Waals surface area contributed by atoms with Gasteiger partial charge in [0.2, 0.25) is 0 Å². The smallest absolute Gasteiger partial charge is 0.190 e. The van der Waals surface area contributed by atoms with Crippen molar-refractivity contribution in [2.24, 2.45) is 0 Å². The molecule has 3 nitrogen and oxygen atoms in total. The molecular formula is C13H16N2O. The van der Waals surface area contributed by atoms with Gasteiger partial charge in [-0.05, 0) is 18.6 Å². The molecule has 1 aromatic carbocycles. The van der Waals surface area contributed by atoms with E-state index in [9.17, 15) is 0 Å². The molecule has 2 rings (SSSR count). The first kappa shape index (κ1) is 10.8. The first-order valence-electron chi connectivity index (χ1n) is 5.34. The predicted molar refractivity (Wildman–Crippen MR) is 64.8 cm³/mol. The maximum absolute atomic E-state index is 5.48. The largest absolute Gasteiger partial charge is 0.445 e. The molecule has 2 aromatic rings. The van der Waals surface area contributed by atoms with Crippen LogP contribution in [0.3, 0.4) is 0 Å². The zero-order valence-electron chi connectivity index (χ0n) is 9.36. The van der Waals surface area contributed by atoms with E-state index in [1.165, 1.54) is 11.1 Å². The van der Waals surface area contributed by atoms with E-state index in [1.807, 2.05) is 6.07 Å². The van der Waals surface area contributed by atoms with Gasteiger partial charge in [-0.15, -0.1) is 0 Å². The van der Waals surface area contributed by atoms with Crippen LogP contribution in [0, 0.1) is 6.92 Å². The summed E-state index contributed by atoms with van der Waals surface area (Å²) >= 11 is 0. The molecule has 0 aliphatic heterocycles. The second-order valence-electron chi connectivity index (χ2n) is 3.89. The lowest BCUT2D eigenvalue weighted by Gasteiger charge is -2.03. The fraction of sp³-hybridized carbons (Fsp3) is 0.231. The van der Waals surface area contributed by atoms with E-state index in [0.717, 1.165) is 12.3 Å². The zero-order valence-corrected chi connectivity index (χ0v) is 9.36. The molecule has 0 bridgehead atoms. The van der Waals surface area contributed by atoms with Crippen molar-refractivity contribution in [2.45, 2.75) is 20.0 Å². The first-order chi connectivity index (χ1) is 7.74. The number of benzene rings is 1. The molecule has 0 fully saturated rings. The van der Waals surface area contributed by atoms with Crippen LogP contribution in [0.2, 0.25) is 0 Å². The number of furan rings is 1. The molecule has 3 N–H and O–H groups in total. The second-order valence-corrected chi connectivity index (χ2v) is 3.89. The van der Waals surface area contributed by atoms with Crippen molar-refractivity contribution >= 4 is 5.88 Å². The van der Waals surface area contributed by atoms with E-state index < -0.39 is 0 Å². The molecule has 0 amide bonds. The fourth-order valence-electron chi connectivity index (χ4n) is 1.53. The molecule has 0 aliphatic rings. The van der Waals surface area contributed by atoms with Crippen LogP contribution in [0.1, 0.15) is 16.9 Å². The third-order valence-corrected chi connectivity index (χ3v) is 2.43. The van der Waals surface area contributed by atoms with Gasteiger partial charge in [0.25, 0.3) is 0 Å². The average Bonchev–Trinajstić information content (AvgIpc) is 2.67. The molecule has 0 atom stereocenters. The quantitative estimate of drug-likeness (QED) is 0.825. The summed E-state index contributed by atoms with van der Waals surface area (Å²) in [6, 6.07) is 12.1. The van der Waals surface area contributed by atoms with E-state index in [2.05, 4.69) is 36.5 Å². The summed E-state index contributed by atoms with van der Waals surface area (Å²) < 4.78 is 5.26. The Morgan fingerprint density at radius 2 is 1.81 bits per heavy atom. The molecule has 1 heterocycles. The Hall–Kier alpha value is -1.74. The van der Waals surface area contributed by atoms with Gasteiger partial charge in [-0.1, -0.05) is 29.8 Å². The lowest BCUT2D eigenvalue weighted by Crippen LogP contribution is -2.11. The molecule has 3 heteroatoms. The minimum absolute atomic E-state index is 0.465. The molecule has 0 unspecified atom stereocenters. The predicted octanol–water partition coefficient (Wildman–Crippen LogP) is 2.46. The van der Waals surface area contributed by atoms with Gasteiger partial charge in [0.15, 0.2) is 5.88 Å². The summed E-state index contributed by atoms with van der Waals surface area (Å²) in [6.45, 7) is 3.62. The van der Waals surface area contributed by atoms with Gasteiger partial charge in [0.1, 0.15) is 5.76 Å². The highest BCUT2D eigenvalue weighted by Gasteiger charge is 1.98.